The molecule has 0 radical (unpaired) electrons. The third-order valence-electron chi connectivity index (χ3n) is 3.97. The molecule has 1 fully saturated rings. The van der Waals surface area contributed by atoms with Gasteiger partial charge in [-0.2, -0.15) is 0 Å². The maximum Gasteiger partial charge on any atom is 0.0205 e. The van der Waals surface area contributed by atoms with Gasteiger partial charge in [-0.15, -0.1) is 0 Å². The summed E-state index contributed by atoms with van der Waals surface area (Å²) in [5.74, 6) is 1.26. The van der Waals surface area contributed by atoms with Gasteiger partial charge in [0.1, 0.15) is 0 Å². The lowest BCUT2D eigenvalue weighted by Crippen LogP contribution is -2.15. The lowest BCUT2D eigenvalue weighted by atomic mass is 9.93. The molecule has 0 aromatic carbocycles. The first-order valence-electron chi connectivity index (χ1n) is 9.04. The van der Waals surface area contributed by atoms with E-state index in [0.29, 0.717) is 11.8 Å². The first-order chi connectivity index (χ1) is 10.2. The Morgan fingerprint density at radius 1 is 1.14 bits per heavy atom. The molecule has 1 nitrogen and oxygen atoms in total. The van der Waals surface area contributed by atoms with Crippen LogP contribution in [-0.4, -0.2) is 13.1 Å². The van der Waals surface area contributed by atoms with Gasteiger partial charge in [-0.25, -0.2) is 0 Å². The van der Waals surface area contributed by atoms with Crippen molar-refractivity contribution in [2.75, 3.05) is 13.1 Å². The molecule has 1 aliphatic heterocycles. The quantitative estimate of drug-likeness (QED) is 0.668. The Balaban J connectivity index is 0.000000921. The number of allylic oxidation sites excluding steroid dienone is 4. The molecule has 0 spiro atoms. The molecular weight excluding hydrogens is 254 g/mol. The van der Waals surface area contributed by atoms with Gasteiger partial charge in [0.25, 0.3) is 0 Å². The molecule has 1 aliphatic carbocycles. The summed E-state index contributed by atoms with van der Waals surface area (Å²) >= 11 is 0. The molecule has 0 aromatic rings. The normalized spacial score (nSPS) is 22.4. The van der Waals surface area contributed by atoms with E-state index < -0.39 is 0 Å². The van der Waals surface area contributed by atoms with Gasteiger partial charge in [-0.1, -0.05) is 66.7 Å². The summed E-state index contributed by atoms with van der Waals surface area (Å²) in [7, 11) is 0. The Kier molecular flexibility index (Phi) is 11.3. The highest BCUT2D eigenvalue weighted by Crippen LogP contribution is 2.29. The first kappa shape index (κ1) is 20.2. The van der Waals surface area contributed by atoms with Gasteiger partial charge in [0.15, 0.2) is 0 Å². The molecule has 2 aliphatic rings. The van der Waals surface area contributed by atoms with Crippen LogP contribution in [-0.2, 0) is 0 Å². The van der Waals surface area contributed by atoms with Gasteiger partial charge < -0.3 is 5.32 Å². The minimum absolute atomic E-state index is 0.572. The fourth-order valence-electron chi connectivity index (χ4n) is 2.69. The van der Waals surface area contributed by atoms with Crippen molar-refractivity contribution in [1.29, 1.82) is 0 Å². The molecule has 1 heterocycles. The lowest BCUT2D eigenvalue weighted by Gasteiger charge is -2.12. The second-order valence-electron chi connectivity index (χ2n) is 5.48. The Bertz CT molecular complexity index is 360. The molecule has 2 unspecified atom stereocenters. The molecule has 1 saturated heterocycles. The van der Waals surface area contributed by atoms with Crippen LogP contribution in [0.3, 0.4) is 0 Å². The van der Waals surface area contributed by atoms with Crippen LogP contribution in [0.5, 0.6) is 0 Å². The topological polar surface area (TPSA) is 12.0 Å². The molecule has 0 saturated carbocycles. The first-order valence-corrected chi connectivity index (χ1v) is 9.04. The Labute approximate surface area is 133 Å². The zero-order valence-electron chi connectivity index (χ0n) is 15.4. The number of hydrogen-bond acceptors (Lipinski definition) is 1. The van der Waals surface area contributed by atoms with Crippen LogP contribution >= 0.6 is 0 Å². The zero-order chi connectivity index (χ0) is 16.3. The smallest absolute Gasteiger partial charge is 0.0205 e. The van der Waals surface area contributed by atoms with E-state index in [2.05, 4.69) is 44.3 Å². The van der Waals surface area contributed by atoms with Crippen molar-refractivity contribution < 1.29 is 0 Å². The van der Waals surface area contributed by atoms with Crippen LogP contribution < -0.4 is 5.32 Å². The van der Waals surface area contributed by atoms with Crippen molar-refractivity contribution in [3.8, 4) is 0 Å². The van der Waals surface area contributed by atoms with E-state index in [9.17, 15) is 0 Å². The second kappa shape index (κ2) is 11.8. The molecule has 0 aromatic heterocycles. The predicted octanol–water partition coefficient (Wildman–Crippen LogP) is 5.90. The van der Waals surface area contributed by atoms with Gasteiger partial charge in [-0.3, -0.25) is 0 Å². The maximum atomic E-state index is 3.52. The van der Waals surface area contributed by atoms with Gasteiger partial charge in [-0.05, 0) is 54.4 Å². The Hall–Kier alpha value is -0.820. The average molecular weight is 292 g/mol. The largest absolute Gasteiger partial charge is 0.313 e. The van der Waals surface area contributed by atoms with Gasteiger partial charge in [0, 0.05) is 6.54 Å². The monoisotopic (exact) mass is 291 g/mol. The summed E-state index contributed by atoms with van der Waals surface area (Å²) < 4.78 is 0. The van der Waals surface area contributed by atoms with E-state index in [0.717, 1.165) is 13.1 Å². The molecule has 1 heteroatoms. The SMILES string of the molecule is CC.CC.CCC(C)C1=CC(C)C=C2CNCCCC2=C1. The Morgan fingerprint density at radius 2 is 1.81 bits per heavy atom. The number of hydrogen-bond donors (Lipinski definition) is 1. The predicted molar refractivity (Wildman–Crippen MR) is 97.7 cm³/mol. The van der Waals surface area contributed by atoms with Crippen molar-refractivity contribution in [2.24, 2.45) is 11.8 Å². The standard InChI is InChI=1S/C16H25N.2C2H6/c1-4-13(3)15-8-12(2)9-16-11-17-7-5-6-14(16)10-15;2*1-2/h8-10,12-13,17H,4-7,11H2,1-3H3;2*1-2H3. The summed E-state index contributed by atoms with van der Waals surface area (Å²) in [5, 5.41) is 3.52. The van der Waals surface area contributed by atoms with E-state index in [4.69, 9.17) is 0 Å². The van der Waals surface area contributed by atoms with Gasteiger partial charge in [0.2, 0.25) is 0 Å². The molecule has 122 valence electrons. The summed E-state index contributed by atoms with van der Waals surface area (Å²) in [6.07, 6.45) is 11.1. The molecule has 21 heavy (non-hydrogen) atoms. The third-order valence-corrected chi connectivity index (χ3v) is 3.97. The van der Waals surface area contributed by atoms with Crippen LogP contribution in [0.25, 0.3) is 0 Å². The molecule has 1 N–H and O–H groups in total. The van der Waals surface area contributed by atoms with Crippen molar-refractivity contribution in [3.63, 3.8) is 0 Å². The van der Waals surface area contributed by atoms with Crippen LogP contribution in [0, 0.1) is 11.8 Å². The van der Waals surface area contributed by atoms with E-state index in [1.54, 1.807) is 11.1 Å². The number of nitrogens with one attached hydrogen (secondary N) is 1. The second-order valence-corrected chi connectivity index (χ2v) is 5.48. The minimum Gasteiger partial charge on any atom is -0.313 e. The number of fused-ring (bicyclic) bond motifs is 1. The van der Waals surface area contributed by atoms with E-state index in [1.165, 1.54) is 24.8 Å². The van der Waals surface area contributed by atoms with Gasteiger partial charge in [0.05, 0.1) is 0 Å². The molecule has 2 atom stereocenters. The van der Waals surface area contributed by atoms with Gasteiger partial charge >= 0.3 is 0 Å². The van der Waals surface area contributed by atoms with Crippen LogP contribution in [0.1, 0.15) is 67.7 Å². The van der Waals surface area contributed by atoms with E-state index >= 15 is 0 Å². The lowest BCUT2D eigenvalue weighted by molar-refractivity contribution is 0.661. The van der Waals surface area contributed by atoms with Crippen molar-refractivity contribution in [3.05, 3.63) is 34.9 Å². The molecule has 0 amide bonds. The minimum atomic E-state index is 0.572. The molecule has 0 bridgehead atoms. The van der Waals surface area contributed by atoms with E-state index in [-0.39, 0.29) is 0 Å². The molecule has 2 rings (SSSR count). The summed E-state index contributed by atoms with van der Waals surface area (Å²) in [4.78, 5) is 0. The molecular formula is C20H37N. The van der Waals surface area contributed by atoms with Crippen molar-refractivity contribution >= 4 is 0 Å². The fraction of sp³-hybridized carbons (Fsp3) is 0.700. The van der Waals surface area contributed by atoms with E-state index in [1.807, 2.05) is 27.7 Å². The van der Waals surface area contributed by atoms with Crippen LogP contribution in [0.15, 0.2) is 34.9 Å². The summed E-state index contributed by atoms with van der Waals surface area (Å²) in [6, 6.07) is 0. The van der Waals surface area contributed by atoms with Crippen molar-refractivity contribution in [1.82, 2.24) is 5.32 Å². The summed E-state index contributed by atoms with van der Waals surface area (Å²) in [5.41, 5.74) is 4.65. The third kappa shape index (κ3) is 6.65. The summed E-state index contributed by atoms with van der Waals surface area (Å²) in [6.45, 7) is 17.1. The highest BCUT2D eigenvalue weighted by atomic mass is 14.9. The average Bonchev–Trinajstić information content (AvgIpc) is 2.83. The fourth-order valence-corrected chi connectivity index (χ4v) is 2.69. The maximum absolute atomic E-state index is 3.52. The van der Waals surface area contributed by atoms with Crippen molar-refractivity contribution in [2.45, 2.75) is 67.7 Å². The highest BCUT2D eigenvalue weighted by Gasteiger charge is 2.16. The highest BCUT2D eigenvalue weighted by molar-refractivity contribution is 5.43. The number of rotatable bonds is 2. The zero-order valence-corrected chi connectivity index (χ0v) is 15.4. The van der Waals surface area contributed by atoms with Crippen LogP contribution in [0.4, 0.5) is 0 Å². The Morgan fingerprint density at radius 3 is 2.43 bits per heavy atom. The van der Waals surface area contributed by atoms with Crippen LogP contribution in [0.2, 0.25) is 0 Å².